The van der Waals surface area contributed by atoms with Crippen molar-refractivity contribution in [3.05, 3.63) is 76.1 Å². The van der Waals surface area contributed by atoms with Gasteiger partial charge in [0, 0.05) is 44.4 Å². The Balaban J connectivity index is 1.35. The van der Waals surface area contributed by atoms with Gasteiger partial charge in [0.25, 0.3) is 0 Å². The van der Waals surface area contributed by atoms with E-state index in [1.807, 2.05) is 23.8 Å². The molecule has 0 amide bonds. The van der Waals surface area contributed by atoms with Crippen LogP contribution in [0.1, 0.15) is 36.0 Å². The summed E-state index contributed by atoms with van der Waals surface area (Å²) in [7, 11) is 3.50. The van der Waals surface area contributed by atoms with E-state index < -0.39 is 17.4 Å². The number of hydrogen-bond donors (Lipinski definition) is 1. The van der Waals surface area contributed by atoms with Crippen LogP contribution in [0.15, 0.2) is 57.7 Å². The molecule has 205 valence electrons. The lowest BCUT2D eigenvalue weighted by atomic mass is 9.75. The first kappa shape index (κ1) is 25.9. The van der Waals surface area contributed by atoms with E-state index in [1.165, 1.54) is 17.0 Å². The van der Waals surface area contributed by atoms with Crippen molar-refractivity contribution in [2.45, 2.75) is 43.0 Å². The third-order valence-electron chi connectivity index (χ3n) is 7.94. The van der Waals surface area contributed by atoms with Crippen LogP contribution in [0.3, 0.4) is 0 Å². The molecule has 0 unspecified atom stereocenters. The highest BCUT2D eigenvalue weighted by molar-refractivity contribution is 5.58. The van der Waals surface area contributed by atoms with Crippen LogP contribution in [0.5, 0.6) is 0 Å². The van der Waals surface area contributed by atoms with Gasteiger partial charge in [-0.05, 0) is 47.3 Å². The largest absolute Gasteiger partial charge is 0.418 e. The minimum absolute atomic E-state index is 0.182. The molecule has 9 nitrogen and oxygen atoms in total. The van der Waals surface area contributed by atoms with Crippen LogP contribution in [0.4, 0.5) is 13.2 Å². The number of ether oxygens (including phenoxy) is 2. The number of aromatic nitrogens is 2. The van der Waals surface area contributed by atoms with Gasteiger partial charge >= 0.3 is 24.4 Å². The predicted molar refractivity (Wildman–Crippen MR) is 136 cm³/mol. The lowest BCUT2D eigenvalue weighted by Crippen LogP contribution is -2.48. The van der Waals surface area contributed by atoms with E-state index in [-0.39, 0.29) is 23.1 Å². The fourth-order valence-electron chi connectivity index (χ4n) is 5.26. The molecule has 4 heterocycles. The van der Waals surface area contributed by atoms with Crippen LogP contribution in [-0.2, 0) is 27.6 Å². The maximum atomic E-state index is 14.1. The predicted octanol–water partition coefficient (Wildman–Crippen LogP) is 3.66. The highest BCUT2D eigenvalue weighted by Gasteiger charge is 2.46. The van der Waals surface area contributed by atoms with E-state index >= 15 is 0 Å². The third-order valence-corrected chi connectivity index (χ3v) is 7.94. The van der Waals surface area contributed by atoms with Gasteiger partial charge in [0.1, 0.15) is 0 Å². The Morgan fingerprint density at radius 3 is 2.62 bits per heavy atom. The summed E-state index contributed by atoms with van der Waals surface area (Å²) in [4.78, 5) is 13.5. The molecule has 3 aromatic rings. The van der Waals surface area contributed by atoms with Crippen LogP contribution in [0.25, 0.3) is 11.2 Å². The smallest absolute Gasteiger partial charge is 0.379 e. The van der Waals surface area contributed by atoms with Crippen LogP contribution in [0, 0.1) is 6.17 Å². The minimum Gasteiger partial charge on any atom is -0.379 e. The number of hydrogen-bond acceptors (Lipinski definition) is 6. The molecule has 0 spiro atoms. The number of imidazole rings is 1. The zero-order chi connectivity index (χ0) is 27.4. The van der Waals surface area contributed by atoms with Gasteiger partial charge in [0.05, 0.1) is 47.7 Å². The van der Waals surface area contributed by atoms with E-state index in [1.54, 1.807) is 25.6 Å². The average molecular weight is 543 g/mol. The van der Waals surface area contributed by atoms with Crippen molar-refractivity contribution >= 4 is 11.9 Å². The second kappa shape index (κ2) is 9.39. The summed E-state index contributed by atoms with van der Waals surface area (Å²) in [5.74, 6) is 0. The lowest BCUT2D eigenvalue weighted by molar-refractivity contribution is -0.478. The number of pyridine rings is 1. The molecule has 1 saturated heterocycles. The topological polar surface area (TPSA) is 84.6 Å². The van der Waals surface area contributed by atoms with Gasteiger partial charge in [0.15, 0.2) is 0 Å². The summed E-state index contributed by atoms with van der Waals surface area (Å²) >= 11 is 0. The van der Waals surface area contributed by atoms with Crippen LogP contribution in [0.2, 0.25) is 0 Å². The molecule has 1 radical (unpaired) electrons. The monoisotopic (exact) mass is 542 g/mol. The standard InChI is InChI=1S/C27H29F3N6O3/c1-34-17-32-33-23(34)10-25(15-39-16-25)19-4-3-5-20(9-19)35-13-22-21(27(28,29)30)8-18(12-36(22)24(35)37)11-31-14-26(38-2)6-7-26/h3-5,8-9,12-13,17,31H,6-7,10-11,14-16H2,1-2H3/q+1. The molecule has 0 atom stereocenters. The summed E-state index contributed by atoms with van der Waals surface area (Å²) in [6, 6.07) is 8.42. The quantitative estimate of drug-likeness (QED) is 0.419. The maximum absolute atomic E-state index is 14.1. The Bertz CT molecular complexity index is 1530. The van der Waals surface area contributed by atoms with Crippen molar-refractivity contribution in [3.8, 4) is 5.69 Å². The number of rotatable bonds is 9. The average Bonchev–Trinajstić information content (AvgIpc) is 3.44. The van der Waals surface area contributed by atoms with Gasteiger partial charge in [-0.25, -0.2) is 9.37 Å². The molecule has 12 heteroatoms. The van der Waals surface area contributed by atoms with Gasteiger partial charge in [-0.2, -0.15) is 13.2 Å². The Morgan fingerprint density at radius 1 is 1.21 bits per heavy atom. The summed E-state index contributed by atoms with van der Waals surface area (Å²) < 4.78 is 57.6. The van der Waals surface area contributed by atoms with Crippen molar-refractivity contribution in [2.75, 3.05) is 33.9 Å². The molecule has 6 rings (SSSR count). The SMILES string of the molecule is COC1(CNCc2cc(C(F)(F)F)c3cn(-c4cccc(C5(C[C]6N=NC=[N+]6C)COC5)c4)c(=O)n3c2)CC1. The number of azo groups is 1. The molecular weight excluding hydrogens is 513 g/mol. The number of alkyl halides is 3. The zero-order valence-corrected chi connectivity index (χ0v) is 21.7. The highest BCUT2D eigenvalue weighted by Crippen LogP contribution is 2.41. The molecule has 2 aromatic heterocycles. The maximum Gasteiger partial charge on any atom is 0.418 e. The molecule has 1 saturated carbocycles. The Morgan fingerprint density at radius 2 is 2.00 bits per heavy atom. The first-order valence-corrected chi connectivity index (χ1v) is 12.7. The normalized spacial score (nSPS) is 19.9. The van der Waals surface area contributed by atoms with Crippen molar-refractivity contribution in [3.63, 3.8) is 0 Å². The molecule has 1 aliphatic carbocycles. The highest BCUT2D eigenvalue weighted by atomic mass is 19.4. The minimum atomic E-state index is -4.63. The van der Waals surface area contributed by atoms with E-state index in [9.17, 15) is 18.0 Å². The summed E-state index contributed by atoms with van der Waals surface area (Å²) in [6.07, 6.45) is 2.95. The summed E-state index contributed by atoms with van der Waals surface area (Å²) in [6.45, 7) is 1.65. The van der Waals surface area contributed by atoms with Gasteiger partial charge in [-0.15, -0.1) is 0 Å². The van der Waals surface area contributed by atoms with Crippen molar-refractivity contribution in [2.24, 2.45) is 10.2 Å². The van der Waals surface area contributed by atoms with Crippen LogP contribution < -0.4 is 11.0 Å². The summed E-state index contributed by atoms with van der Waals surface area (Å²) in [5.41, 5.74) is -0.458. The van der Waals surface area contributed by atoms with Crippen LogP contribution in [-0.4, -0.2) is 59.4 Å². The van der Waals surface area contributed by atoms with Gasteiger partial charge < -0.3 is 14.8 Å². The number of fused-ring (bicyclic) bond motifs is 1. The van der Waals surface area contributed by atoms with Gasteiger partial charge in [0.2, 0.25) is 0 Å². The second-order valence-electron chi connectivity index (χ2n) is 10.6. The zero-order valence-electron chi connectivity index (χ0n) is 21.7. The lowest BCUT2D eigenvalue weighted by Gasteiger charge is -2.42. The molecule has 3 aliphatic rings. The number of nitrogens with zero attached hydrogens (tertiary/aromatic N) is 5. The van der Waals surface area contributed by atoms with E-state index in [0.29, 0.717) is 37.4 Å². The molecule has 39 heavy (non-hydrogen) atoms. The fourth-order valence-corrected chi connectivity index (χ4v) is 5.26. The number of nitrogens with one attached hydrogen (secondary N) is 1. The van der Waals surface area contributed by atoms with Crippen LogP contribution >= 0.6 is 0 Å². The fraction of sp³-hybridized carbons (Fsp3) is 0.444. The second-order valence-corrected chi connectivity index (χ2v) is 10.6. The first-order valence-electron chi connectivity index (χ1n) is 12.7. The third kappa shape index (κ3) is 4.70. The molecule has 2 fully saturated rings. The Hall–Kier alpha value is -3.35. The molecule has 2 aliphatic heterocycles. The number of methoxy groups -OCH3 is 1. The van der Waals surface area contributed by atoms with Gasteiger partial charge in [-0.1, -0.05) is 12.1 Å². The molecule has 0 bridgehead atoms. The van der Waals surface area contributed by atoms with E-state index in [4.69, 9.17) is 9.47 Å². The molecular formula is C27H29F3N6O3+. The Kier molecular flexibility index (Phi) is 6.23. The number of halogens is 3. The van der Waals surface area contributed by atoms with E-state index in [2.05, 4.69) is 15.5 Å². The summed E-state index contributed by atoms with van der Waals surface area (Å²) in [5, 5.41) is 11.3. The van der Waals surface area contributed by atoms with E-state index in [0.717, 1.165) is 35.0 Å². The Labute approximate surface area is 222 Å². The van der Waals surface area contributed by atoms with Crippen molar-refractivity contribution in [1.29, 1.82) is 0 Å². The van der Waals surface area contributed by atoms with Crippen molar-refractivity contribution < 1.29 is 27.2 Å². The molecule has 1 aromatic carbocycles. The van der Waals surface area contributed by atoms with Crippen molar-refractivity contribution in [1.82, 2.24) is 14.3 Å². The first-order chi connectivity index (χ1) is 18.6. The van der Waals surface area contributed by atoms with Gasteiger partial charge in [-0.3, -0.25) is 8.97 Å². The molecule has 1 N–H and O–H groups in total. The number of benzene rings is 1.